The van der Waals surface area contributed by atoms with Crippen LogP contribution < -0.4 is 5.73 Å². The molecule has 0 aliphatic rings. The van der Waals surface area contributed by atoms with Gasteiger partial charge in [-0.25, -0.2) is 0 Å². The predicted molar refractivity (Wildman–Crippen MR) is 55.3 cm³/mol. The van der Waals surface area contributed by atoms with Gasteiger partial charge in [0.05, 0.1) is 17.3 Å². The third-order valence-corrected chi connectivity index (χ3v) is 2.07. The Morgan fingerprint density at radius 1 is 1.47 bits per heavy atom. The smallest absolute Gasteiger partial charge is 0.199 e. The zero-order chi connectivity index (χ0) is 10.8. The zero-order valence-electron chi connectivity index (χ0n) is 8.21. The van der Waals surface area contributed by atoms with Crippen molar-refractivity contribution in [3.8, 4) is 0 Å². The van der Waals surface area contributed by atoms with Gasteiger partial charge < -0.3 is 5.73 Å². The molecular formula is C10H10N4O. The topological polar surface area (TPSA) is 73.8 Å². The zero-order valence-corrected chi connectivity index (χ0v) is 8.21. The van der Waals surface area contributed by atoms with Gasteiger partial charge in [0.25, 0.3) is 0 Å². The molecule has 0 amide bonds. The van der Waals surface area contributed by atoms with Crippen molar-refractivity contribution < 1.29 is 4.79 Å². The number of aryl methyl sites for hydroxylation is 1. The van der Waals surface area contributed by atoms with E-state index < -0.39 is 0 Å². The minimum Gasteiger partial charge on any atom is -0.398 e. The van der Waals surface area contributed by atoms with Crippen molar-refractivity contribution >= 4 is 11.5 Å². The highest BCUT2D eigenvalue weighted by atomic mass is 16.1. The number of aromatic nitrogens is 3. The lowest BCUT2D eigenvalue weighted by Crippen LogP contribution is -2.04. The van der Waals surface area contributed by atoms with Crippen molar-refractivity contribution in [2.24, 2.45) is 7.05 Å². The van der Waals surface area contributed by atoms with Gasteiger partial charge in [0.1, 0.15) is 0 Å². The number of hydrogen-bond acceptors (Lipinski definition) is 4. The summed E-state index contributed by atoms with van der Waals surface area (Å²) in [5.74, 6) is -0.159. The average molecular weight is 202 g/mol. The molecule has 0 saturated carbocycles. The molecular weight excluding hydrogens is 192 g/mol. The lowest BCUT2D eigenvalue weighted by atomic mass is 10.1. The van der Waals surface area contributed by atoms with Gasteiger partial charge in [-0.05, 0) is 6.07 Å². The van der Waals surface area contributed by atoms with Crippen LogP contribution in [0.3, 0.4) is 0 Å². The van der Waals surface area contributed by atoms with Crippen LogP contribution in [0.15, 0.2) is 30.9 Å². The van der Waals surface area contributed by atoms with Crippen LogP contribution in [-0.4, -0.2) is 20.5 Å². The largest absolute Gasteiger partial charge is 0.398 e. The summed E-state index contributed by atoms with van der Waals surface area (Å²) in [6.45, 7) is 0. The van der Waals surface area contributed by atoms with Crippen molar-refractivity contribution in [1.82, 2.24) is 14.8 Å². The van der Waals surface area contributed by atoms with Gasteiger partial charge in [0.2, 0.25) is 0 Å². The molecule has 5 heteroatoms. The summed E-state index contributed by atoms with van der Waals surface area (Å²) in [5.41, 5.74) is 7.03. The molecule has 0 unspecified atom stereocenters. The fraction of sp³-hybridized carbons (Fsp3) is 0.100. The molecule has 5 nitrogen and oxygen atoms in total. The Balaban J connectivity index is 2.41. The van der Waals surface area contributed by atoms with E-state index in [-0.39, 0.29) is 5.78 Å². The Bertz CT molecular complexity index is 504. The normalized spacial score (nSPS) is 10.2. The van der Waals surface area contributed by atoms with E-state index in [0.29, 0.717) is 16.8 Å². The van der Waals surface area contributed by atoms with Crippen LogP contribution in [0.2, 0.25) is 0 Å². The van der Waals surface area contributed by atoms with Gasteiger partial charge in [0.15, 0.2) is 5.78 Å². The molecule has 0 atom stereocenters. The monoisotopic (exact) mass is 202 g/mol. The molecule has 2 aromatic heterocycles. The van der Waals surface area contributed by atoms with E-state index in [0.717, 1.165) is 0 Å². The van der Waals surface area contributed by atoms with E-state index in [1.165, 1.54) is 12.4 Å². The predicted octanol–water partition coefficient (Wildman–Crippen LogP) is 0.628. The van der Waals surface area contributed by atoms with Gasteiger partial charge >= 0.3 is 0 Å². The molecule has 2 aromatic rings. The van der Waals surface area contributed by atoms with Gasteiger partial charge in [-0.3, -0.25) is 14.5 Å². The standard InChI is InChI=1S/C10H10N4O/c1-14-6-7(4-13-14)10(15)8-5-12-3-2-9(8)11/h2-6H,1H3,(H2,11,12). The Hall–Kier alpha value is -2.17. The minimum absolute atomic E-state index is 0.159. The molecule has 0 radical (unpaired) electrons. The number of rotatable bonds is 2. The highest BCUT2D eigenvalue weighted by Crippen LogP contribution is 2.14. The molecule has 0 aromatic carbocycles. The summed E-state index contributed by atoms with van der Waals surface area (Å²) in [6, 6.07) is 1.60. The number of anilines is 1. The lowest BCUT2D eigenvalue weighted by Gasteiger charge is -2.00. The number of carbonyl (C=O) groups excluding carboxylic acids is 1. The quantitative estimate of drug-likeness (QED) is 0.725. The van der Waals surface area contributed by atoms with Crippen LogP contribution in [0.4, 0.5) is 5.69 Å². The molecule has 2 heterocycles. The SMILES string of the molecule is Cn1cc(C(=O)c2cnccc2N)cn1. The maximum absolute atomic E-state index is 11.9. The molecule has 0 bridgehead atoms. The van der Waals surface area contributed by atoms with Gasteiger partial charge in [-0.15, -0.1) is 0 Å². The molecule has 2 N–H and O–H groups in total. The molecule has 76 valence electrons. The van der Waals surface area contributed by atoms with Crippen LogP contribution in [0.25, 0.3) is 0 Å². The third-order valence-electron chi connectivity index (χ3n) is 2.07. The number of nitrogen functional groups attached to an aromatic ring is 1. The van der Waals surface area contributed by atoms with Crippen LogP contribution in [-0.2, 0) is 7.05 Å². The van der Waals surface area contributed by atoms with E-state index in [1.807, 2.05) is 0 Å². The minimum atomic E-state index is -0.159. The first-order valence-corrected chi connectivity index (χ1v) is 4.41. The first kappa shape index (κ1) is 9.39. The van der Waals surface area contributed by atoms with Crippen molar-refractivity contribution in [3.63, 3.8) is 0 Å². The van der Waals surface area contributed by atoms with Crippen LogP contribution in [0.1, 0.15) is 15.9 Å². The van der Waals surface area contributed by atoms with Crippen molar-refractivity contribution in [2.75, 3.05) is 5.73 Å². The first-order valence-electron chi connectivity index (χ1n) is 4.41. The van der Waals surface area contributed by atoms with Gasteiger partial charge in [-0.1, -0.05) is 0 Å². The summed E-state index contributed by atoms with van der Waals surface area (Å²) < 4.78 is 1.57. The van der Waals surface area contributed by atoms with Crippen molar-refractivity contribution in [2.45, 2.75) is 0 Å². The first-order chi connectivity index (χ1) is 7.18. The van der Waals surface area contributed by atoms with E-state index >= 15 is 0 Å². The van der Waals surface area contributed by atoms with Crippen LogP contribution in [0.5, 0.6) is 0 Å². The summed E-state index contributed by atoms with van der Waals surface area (Å²) in [5, 5.41) is 3.93. The number of carbonyl (C=O) groups is 1. The van der Waals surface area contributed by atoms with E-state index in [4.69, 9.17) is 5.73 Å². The Morgan fingerprint density at radius 2 is 2.27 bits per heavy atom. The van der Waals surface area contributed by atoms with Crippen molar-refractivity contribution in [3.05, 3.63) is 42.0 Å². The number of nitrogens with two attached hydrogens (primary N) is 1. The Morgan fingerprint density at radius 3 is 2.87 bits per heavy atom. The summed E-state index contributed by atoms with van der Waals surface area (Å²) in [4.78, 5) is 15.8. The molecule has 0 fully saturated rings. The maximum atomic E-state index is 11.9. The van der Waals surface area contributed by atoms with Crippen LogP contribution >= 0.6 is 0 Å². The summed E-state index contributed by atoms with van der Waals surface area (Å²) in [7, 11) is 1.75. The highest BCUT2D eigenvalue weighted by molar-refractivity contribution is 6.11. The Labute approximate surface area is 86.5 Å². The number of pyridine rings is 1. The average Bonchev–Trinajstić information content (AvgIpc) is 2.65. The number of nitrogens with zero attached hydrogens (tertiary/aromatic N) is 3. The summed E-state index contributed by atoms with van der Waals surface area (Å²) in [6.07, 6.45) is 6.17. The second-order valence-corrected chi connectivity index (χ2v) is 3.19. The Kier molecular flexibility index (Phi) is 2.21. The van der Waals surface area contributed by atoms with E-state index in [2.05, 4.69) is 10.1 Å². The van der Waals surface area contributed by atoms with Crippen molar-refractivity contribution in [1.29, 1.82) is 0 Å². The van der Waals surface area contributed by atoms with Gasteiger partial charge in [-0.2, -0.15) is 5.10 Å². The van der Waals surface area contributed by atoms with Gasteiger partial charge in [0, 0.05) is 31.3 Å². The number of ketones is 1. The summed E-state index contributed by atoms with van der Waals surface area (Å²) >= 11 is 0. The fourth-order valence-electron chi connectivity index (χ4n) is 1.29. The van der Waals surface area contributed by atoms with E-state index in [1.54, 1.807) is 30.2 Å². The molecule has 0 spiro atoms. The molecule has 15 heavy (non-hydrogen) atoms. The second-order valence-electron chi connectivity index (χ2n) is 3.19. The maximum Gasteiger partial charge on any atom is 0.199 e. The third kappa shape index (κ3) is 1.71. The van der Waals surface area contributed by atoms with E-state index in [9.17, 15) is 4.79 Å². The highest BCUT2D eigenvalue weighted by Gasteiger charge is 2.13. The molecule has 0 aliphatic heterocycles. The fourth-order valence-corrected chi connectivity index (χ4v) is 1.29. The molecule has 0 aliphatic carbocycles. The molecule has 2 rings (SSSR count). The lowest BCUT2D eigenvalue weighted by molar-refractivity contribution is 0.103. The number of hydrogen-bond donors (Lipinski definition) is 1. The second kappa shape index (κ2) is 3.53. The van der Waals surface area contributed by atoms with Crippen LogP contribution in [0, 0.1) is 0 Å². The molecule has 0 saturated heterocycles.